The number of urea groups is 1. The molecule has 0 spiro atoms. The van der Waals surface area contributed by atoms with Crippen LogP contribution in [0.2, 0.25) is 0 Å². The fraction of sp³-hybridized carbons (Fsp3) is 0.211. The zero-order chi connectivity index (χ0) is 19.1. The lowest BCUT2D eigenvalue weighted by Gasteiger charge is -2.22. The molecular weight excluding hydrogens is 364 g/mol. The first-order valence-corrected chi connectivity index (χ1v) is 9.24. The third-order valence-electron chi connectivity index (χ3n) is 3.89. The number of methoxy groups -OCH3 is 1. The predicted octanol–water partition coefficient (Wildman–Crippen LogP) is 3.24. The molecule has 0 aliphatic carbocycles. The maximum absolute atomic E-state index is 12.7. The molecule has 3 rings (SSSR count). The van der Waals surface area contributed by atoms with E-state index in [9.17, 15) is 9.90 Å². The van der Waals surface area contributed by atoms with Gasteiger partial charge in [0.15, 0.2) is 5.13 Å². The number of nitrogens with zero attached hydrogens (tertiary/aromatic N) is 3. The van der Waals surface area contributed by atoms with Crippen molar-refractivity contribution in [2.75, 3.05) is 25.6 Å². The number of aliphatic hydroxyl groups excluding tert-OH is 1. The average Bonchev–Trinajstić information content (AvgIpc) is 3.17. The highest BCUT2D eigenvalue weighted by atomic mass is 32.1. The number of ether oxygens (including phenoxy) is 1. The lowest BCUT2D eigenvalue weighted by Crippen LogP contribution is -2.36. The minimum absolute atomic E-state index is 0.138. The SMILES string of the molecule is COc1ccccc1CN(CCO)C(=O)Nc1nc(-c2cccnc2)cs1. The number of hydrogen-bond acceptors (Lipinski definition) is 6. The van der Waals surface area contributed by atoms with Gasteiger partial charge in [0, 0.05) is 35.4 Å². The van der Waals surface area contributed by atoms with Crippen LogP contribution in [0.5, 0.6) is 5.75 Å². The van der Waals surface area contributed by atoms with Crippen molar-refractivity contribution < 1.29 is 14.6 Å². The van der Waals surface area contributed by atoms with Crippen molar-refractivity contribution in [1.29, 1.82) is 0 Å². The Hall–Kier alpha value is -2.97. The second-order valence-corrected chi connectivity index (χ2v) is 6.52. The molecule has 0 saturated heterocycles. The molecule has 140 valence electrons. The molecular formula is C19H20N4O3S. The molecule has 0 aliphatic heterocycles. The van der Waals surface area contributed by atoms with E-state index in [1.165, 1.54) is 16.2 Å². The van der Waals surface area contributed by atoms with Crippen LogP contribution in [0.25, 0.3) is 11.3 Å². The van der Waals surface area contributed by atoms with Gasteiger partial charge in [0.1, 0.15) is 5.75 Å². The van der Waals surface area contributed by atoms with Crippen molar-refractivity contribution in [1.82, 2.24) is 14.9 Å². The van der Waals surface area contributed by atoms with E-state index in [2.05, 4.69) is 15.3 Å². The van der Waals surface area contributed by atoms with Gasteiger partial charge in [0.25, 0.3) is 0 Å². The summed E-state index contributed by atoms with van der Waals surface area (Å²) in [5, 5.41) is 14.5. The Kier molecular flexibility index (Phi) is 6.35. The summed E-state index contributed by atoms with van der Waals surface area (Å²) in [4.78, 5) is 22.7. The molecule has 0 aliphatic rings. The number of nitrogens with one attached hydrogen (secondary N) is 1. The second kappa shape index (κ2) is 9.11. The smallest absolute Gasteiger partial charge is 0.324 e. The van der Waals surface area contributed by atoms with E-state index < -0.39 is 0 Å². The molecule has 7 nitrogen and oxygen atoms in total. The van der Waals surface area contributed by atoms with Crippen LogP contribution in [-0.4, -0.2) is 46.3 Å². The molecule has 0 radical (unpaired) electrons. The molecule has 2 aromatic heterocycles. The summed E-state index contributed by atoms with van der Waals surface area (Å²) in [5.74, 6) is 0.696. The molecule has 8 heteroatoms. The summed E-state index contributed by atoms with van der Waals surface area (Å²) in [6, 6.07) is 10.9. The van der Waals surface area contributed by atoms with E-state index in [0.717, 1.165) is 16.8 Å². The number of anilines is 1. The van der Waals surface area contributed by atoms with Crippen LogP contribution in [-0.2, 0) is 6.54 Å². The van der Waals surface area contributed by atoms with Gasteiger partial charge in [0.05, 0.1) is 26.0 Å². The molecule has 2 amide bonds. The zero-order valence-corrected chi connectivity index (χ0v) is 15.6. The summed E-state index contributed by atoms with van der Waals surface area (Å²) < 4.78 is 5.34. The number of amides is 2. The molecule has 3 aromatic rings. The van der Waals surface area contributed by atoms with E-state index in [1.807, 2.05) is 41.8 Å². The highest BCUT2D eigenvalue weighted by molar-refractivity contribution is 7.14. The second-order valence-electron chi connectivity index (χ2n) is 5.67. The quantitative estimate of drug-likeness (QED) is 0.653. The van der Waals surface area contributed by atoms with Crippen molar-refractivity contribution in [3.63, 3.8) is 0 Å². The molecule has 1 aromatic carbocycles. The van der Waals surface area contributed by atoms with Crippen LogP contribution in [0, 0.1) is 0 Å². The van der Waals surface area contributed by atoms with E-state index in [-0.39, 0.29) is 19.2 Å². The van der Waals surface area contributed by atoms with Crippen LogP contribution in [0.3, 0.4) is 0 Å². The lowest BCUT2D eigenvalue weighted by atomic mass is 10.2. The number of carbonyl (C=O) groups excluding carboxylic acids is 1. The monoisotopic (exact) mass is 384 g/mol. The van der Waals surface area contributed by atoms with Gasteiger partial charge in [-0.1, -0.05) is 18.2 Å². The first-order chi connectivity index (χ1) is 13.2. The first kappa shape index (κ1) is 18.8. The number of pyridine rings is 1. The van der Waals surface area contributed by atoms with Crippen LogP contribution in [0.15, 0.2) is 54.2 Å². The molecule has 0 unspecified atom stereocenters. The van der Waals surface area contributed by atoms with Gasteiger partial charge in [-0.3, -0.25) is 10.3 Å². The maximum Gasteiger partial charge on any atom is 0.324 e. The minimum Gasteiger partial charge on any atom is -0.496 e. The number of aliphatic hydroxyl groups is 1. The first-order valence-electron chi connectivity index (χ1n) is 8.36. The molecule has 0 fully saturated rings. The van der Waals surface area contributed by atoms with Crippen molar-refractivity contribution in [2.24, 2.45) is 0 Å². The Bertz CT molecular complexity index is 885. The number of rotatable bonds is 7. The van der Waals surface area contributed by atoms with Gasteiger partial charge >= 0.3 is 6.03 Å². The minimum atomic E-state index is -0.331. The van der Waals surface area contributed by atoms with Gasteiger partial charge in [-0.25, -0.2) is 9.78 Å². The third kappa shape index (κ3) is 4.81. The van der Waals surface area contributed by atoms with Crippen molar-refractivity contribution >= 4 is 22.5 Å². The van der Waals surface area contributed by atoms with Crippen LogP contribution >= 0.6 is 11.3 Å². The number of aromatic nitrogens is 2. The van der Waals surface area contributed by atoms with E-state index in [1.54, 1.807) is 19.5 Å². The van der Waals surface area contributed by atoms with Gasteiger partial charge in [-0.05, 0) is 18.2 Å². The van der Waals surface area contributed by atoms with Crippen LogP contribution in [0.1, 0.15) is 5.56 Å². The Morgan fingerprint density at radius 2 is 2.15 bits per heavy atom. The predicted molar refractivity (Wildman–Crippen MR) is 105 cm³/mol. The summed E-state index contributed by atoms with van der Waals surface area (Å²) >= 11 is 1.34. The molecule has 2 heterocycles. The largest absolute Gasteiger partial charge is 0.496 e. The number of para-hydroxylation sites is 1. The van der Waals surface area contributed by atoms with Crippen molar-refractivity contribution in [3.8, 4) is 17.0 Å². The molecule has 0 atom stereocenters. The Morgan fingerprint density at radius 1 is 1.30 bits per heavy atom. The Balaban J connectivity index is 1.71. The fourth-order valence-electron chi connectivity index (χ4n) is 2.56. The fourth-order valence-corrected chi connectivity index (χ4v) is 3.27. The summed E-state index contributed by atoms with van der Waals surface area (Å²) in [6.07, 6.45) is 3.42. The Labute approximate surface area is 161 Å². The van der Waals surface area contributed by atoms with Crippen LogP contribution < -0.4 is 10.1 Å². The summed E-state index contributed by atoms with van der Waals surface area (Å²) in [6.45, 7) is 0.378. The zero-order valence-electron chi connectivity index (χ0n) is 14.8. The van der Waals surface area contributed by atoms with Crippen molar-refractivity contribution in [3.05, 3.63) is 59.7 Å². The highest BCUT2D eigenvalue weighted by Crippen LogP contribution is 2.25. The van der Waals surface area contributed by atoms with Crippen LogP contribution in [0.4, 0.5) is 9.93 Å². The van der Waals surface area contributed by atoms with Gasteiger partial charge in [-0.15, -0.1) is 11.3 Å². The number of carbonyl (C=O) groups is 1. The summed E-state index contributed by atoms with van der Waals surface area (Å²) in [7, 11) is 1.59. The van der Waals surface area contributed by atoms with Gasteiger partial charge < -0.3 is 14.7 Å². The molecule has 2 N–H and O–H groups in total. The lowest BCUT2D eigenvalue weighted by molar-refractivity contribution is 0.184. The van der Waals surface area contributed by atoms with Crippen molar-refractivity contribution in [2.45, 2.75) is 6.54 Å². The van der Waals surface area contributed by atoms with E-state index in [4.69, 9.17) is 4.74 Å². The normalized spacial score (nSPS) is 10.4. The number of benzene rings is 1. The summed E-state index contributed by atoms with van der Waals surface area (Å²) in [5.41, 5.74) is 2.50. The Morgan fingerprint density at radius 3 is 2.89 bits per heavy atom. The maximum atomic E-state index is 12.7. The van der Waals surface area contributed by atoms with E-state index in [0.29, 0.717) is 17.4 Å². The number of hydrogen-bond donors (Lipinski definition) is 2. The number of thiazole rings is 1. The highest BCUT2D eigenvalue weighted by Gasteiger charge is 2.17. The molecule has 27 heavy (non-hydrogen) atoms. The van der Waals surface area contributed by atoms with Gasteiger partial charge in [0.2, 0.25) is 0 Å². The van der Waals surface area contributed by atoms with Gasteiger partial charge in [-0.2, -0.15) is 0 Å². The average molecular weight is 384 g/mol. The van der Waals surface area contributed by atoms with E-state index >= 15 is 0 Å². The molecule has 0 bridgehead atoms. The molecule has 0 saturated carbocycles. The standard InChI is InChI=1S/C19H20N4O3S/c1-26-17-7-3-2-5-15(17)12-23(9-10-24)19(25)22-18-21-16(13-27-18)14-6-4-8-20-11-14/h2-8,11,13,24H,9-10,12H2,1H3,(H,21,22,25). The third-order valence-corrected chi connectivity index (χ3v) is 4.64. The topological polar surface area (TPSA) is 87.6 Å².